The van der Waals surface area contributed by atoms with E-state index in [0.29, 0.717) is 10.8 Å². The van der Waals surface area contributed by atoms with Crippen LogP contribution in [-0.2, 0) is 4.79 Å². The number of hydrogen-bond donors (Lipinski definition) is 2. The molecule has 0 fully saturated rings. The smallest absolute Gasteiger partial charge is 0.262 e. The number of carbonyl (C=O) groups excluding carboxylic acids is 1. The molecule has 9 nitrogen and oxygen atoms in total. The number of thiazole rings is 1. The molecule has 2 aromatic carbocycles. The van der Waals surface area contributed by atoms with Crippen molar-refractivity contribution >= 4 is 38.3 Å². The summed E-state index contributed by atoms with van der Waals surface area (Å²) in [5, 5.41) is 19.2. The van der Waals surface area contributed by atoms with E-state index in [4.69, 9.17) is 0 Å². The normalized spacial score (nSPS) is 12.7. The molecule has 0 bridgehead atoms. The second kappa shape index (κ2) is 8.15. The van der Waals surface area contributed by atoms with Gasteiger partial charge in [-0.25, -0.2) is 15.1 Å². The van der Waals surface area contributed by atoms with Gasteiger partial charge >= 0.3 is 0 Å². The fraction of sp³-hybridized carbons (Fsp3) is 0.158. The van der Waals surface area contributed by atoms with Crippen molar-refractivity contribution in [2.24, 2.45) is 5.10 Å². The van der Waals surface area contributed by atoms with Crippen molar-refractivity contribution in [2.45, 2.75) is 19.9 Å². The van der Waals surface area contributed by atoms with Crippen molar-refractivity contribution in [1.29, 1.82) is 0 Å². The summed E-state index contributed by atoms with van der Waals surface area (Å²) < 4.78 is 2.62. The van der Waals surface area contributed by atoms with Gasteiger partial charge in [-0.3, -0.25) is 4.79 Å². The Balaban J connectivity index is 1.41. The highest BCUT2D eigenvalue weighted by atomic mass is 32.1. The van der Waals surface area contributed by atoms with Crippen molar-refractivity contribution in [3.05, 3.63) is 60.4 Å². The number of aromatic nitrogens is 5. The molecular formula is C19H18N8OS. The summed E-state index contributed by atoms with van der Waals surface area (Å²) in [6.07, 6.45) is 1.52. The van der Waals surface area contributed by atoms with Crippen LogP contribution in [0.3, 0.4) is 0 Å². The lowest BCUT2D eigenvalue weighted by Gasteiger charge is -2.11. The number of anilines is 1. The molecule has 10 heteroatoms. The zero-order valence-corrected chi connectivity index (χ0v) is 16.6. The molecule has 146 valence electrons. The van der Waals surface area contributed by atoms with Crippen LogP contribution in [0.5, 0.6) is 0 Å². The van der Waals surface area contributed by atoms with Crippen LogP contribution in [0, 0.1) is 0 Å². The predicted molar refractivity (Wildman–Crippen MR) is 112 cm³/mol. The largest absolute Gasteiger partial charge is 0.350 e. The number of nitrogens with zero attached hydrogens (tertiary/aromatic N) is 6. The summed E-state index contributed by atoms with van der Waals surface area (Å²) in [5.41, 5.74) is 5.84. The second-order valence-electron chi connectivity index (χ2n) is 6.33. The number of rotatable bonds is 6. The topological polar surface area (TPSA) is 110 Å². The maximum absolute atomic E-state index is 12.4. The van der Waals surface area contributed by atoms with Crippen molar-refractivity contribution in [3.63, 3.8) is 0 Å². The molecule has 2 N–H and O–H groups in total. The van der Waals surface area contributed by atoms with E-state index in [-0.39, 0.29) is 5.91 Å². The number of carbonyl (C=O) groups is 1. The van der Waals surface area contributed by atoms with Gasteiger partial charge in [0.05, 0.1) is 21.6 Å². The highest BCUT2D eigenvalue weighted by molar-refractivity contribution is 7.22. The number of para-hydroxylation sites is 1. The van der Waals surface area contributed by atoms with Gasteiger partial charge in [0.15, 0.2) is 5.13 Å². The molecule has 0 aliphatic carbocycles. The van der Waals surface area contributed by atoms with E-state index in [1.807, 2.05) is 55.5 Å². The Labute approximate surface area is 170 Å². The van der Waals surface area contributed by atoms with Crippen LogP contribution in [-0.4, -0.2) is 42.9 Å². The third-order valence-electron chi connectivity index (χ3n) is 4.24. The molecule has 1 amide bonds. The van der Waals surface area contributed by atoms with Crippen LogP contribution in [0.25, 0.3) is 15.9 Å². The minimum Gasteiger partial charge on any atom is -0.350 e. The zero-order valence-electron chi connectivity index (χ0n) is 15.8. The number of hydrazone groups is 1. The molecule has 0 spiro atoms. The molecule has 4 aromatic rings. The SMILES string of the molecule is C/C(=N/NC(=O)[C@H](C)Nc1nc2ccccc2s1)c1cccc(-n2cnnn2)c1. The van der Waals surface area contributed by atoms with Crippen molar-refractivity contribution in [2.75, 3.05) is 5.32 Å². The van der Waals surface area contributed by atoms with E-state index in [2.05, 4.69) is 36.4 Å². The maximum atomic E-state index is 12.4. The van der Waals surface area contributed by atoms with Gasteiger partial charge in [0.2, 0.25) is 0 Å². The Morgan fingerprint density at radius 1 is 1.21 bits per heavy atom. The molecule has 0 aliphatic heterocycles. The minimum absolute atomic E-state index is 0.250. The quantitative estimate of drug-likeness (QED) is 0.376. The Hall–Kier alpha value is -3.66. The maximum Gasteiger partial charge on any atom is 0.262 e. The number of benzene rings is 2. The van der Waals surface area contributed by atoms with Gasteiger partial charge in [0, 0.05) is 0 Å². The fourth-order valence-electron chi connectivity index (χ4n) is 2.64. The molecule has 29 heavy (non-hydrogen) atoms. The molecule has 2 heterocycles. The third kappa shape index (κ3) is 4.27. The standard InChI is InChI=1S/C19H18N8OS/c1-12(14-6-5-7-15(10-14)27-11-20-25-26-27)23-24-18(28)13(2)21-19-22-16-8-3-4-9-17(16)29-19/h3-11,13H,1-2H3,(H,21,22)(H,24,28)/b23-12-/t13-/m0/s1. The molecule has 0 saturated heterocycles. The van der Waals surface area contributed by atoms with Crippen molar-refractivity contribution < 1.29 is 4.79 Å². The summed E-state index contributed by atoms with van der Waals surface area (Å²) in [6.45, 7) is 3.59. The molecule has 0 unspecified atom stereocenters. The first-order chi connectivity index (χ1) is 14.1. The van der Waals surface area contributed by atoms with Crippen LogP contribution >= 0.6 is 11.3 Å². The highest BCUT2D eigenvalue weighted by Crippen LogP contribution is 2.25. The van der Waals surface area contributed by atoms with E-state index < -0.39 is 6.04 Å². The number of amides is 1. The zero-order chi connectivity index (χ0) is 20.2. The van der Waals surface area contributed by atoms with E-state index in [1.54, 1.807) is 11.6 Å². The lowest BCUT2D eigenvalue weighted by molar-refractivity contribution is -0.121. The van der Waals surface area contributed by atoms with Crippen LogP contribution in [0.4, 0.5) is 5.13 Å². The first-order valence-corrected chi connectivity index (χ1v) is 9.72. The fourth-order valence-corrected chi connectivity index (χ4v) is 3.59. The number of tetrazole rings is 1. The van der Waals surface area contributed by atoms with Gasteiger partial charge < -0.3 is 5.32 Å². The van der Waals surface area contributed by atoms with Gasteiger partial charge in [-0.15, -0.1) is 5.10 Å². The van der Waals surface area contributed by atoms with Crippen LogP contribution in [0.15, 0.2) is 60.0 Å². The van der Waals surface area contributed by atoms with Gasteiger partial charge in [-0.05, 0) is 54.1 Å². The molecule has 0 radical (unpaired) electrons. The first kappa shape index (κ1) is 18.7. The van der Waals surface area contributed by atoms with E-state index in [9.17, 15) is 4.79 Å². The minimum atomic E-state index is -0.486. The molecule has 0 aliphatic rings. The average molecular weight is 406 g/mol. The summed E-state index contributed by atoms with van der Waals surface area (Å²) in [7, 11) is 0. The molecule has 2 aromatic heterocycles. The average Bonchev–Trinajstić information content (AvgIpc) is 3.41. The lowest BCUT2D eigenvalue weighted by atomic mass is 10.1. The highest BCUT2D eigenvalue weighted by Gasteiger charge is 2.14. The Kier molecular flexibility index (Phi) is 5.25. The van der Waals surface area contributed by atoms with E-state index in [1.165, 1.54) is 17.7 Å². The van der Waals surface area contributed by atoms with Crippen LogP contribution in [0.2, 0.25) is 0 Å². The number of nitrogens with one attached hydrogen (secondary N) is 2. The molecule has 4 rings (SSSR count). The van der Waals surface area contributed by atoms with Crippen molar-refractivity contribution in [3.8, 4) is 5.69 Å². The van der Waals surface area contributed by atoms with Gasteiger partial charge in [-0.1, -0.05) is 35.6 Å². The summed E-state index contributed by atoms with van der Waals surface area (Å²) in [6, 6.07) is 14.9. The lowest BCUT2D eigenvalue weighted by Crippen LogP contribution is -2.35. The van der Waals surface area contributed by atoms with Crippen molar-refractivity contribution in [1.82, 2.24) is 30.6 Å². The van der Waals surface area contributed by atoms with Crippen LogP contribution < -0.4 is 10.7 Å². The Morgan fingerprint density at radius 3 is 2.86 bits per heavy atom. The first-order valence-electron chi connectivity index (χ1n) is 8.90. The number of hydrogen-bond acceptors (Lipinski definition) is 8. The van der Waals surface area contributed by atoms with Gasteiger partial charge in [0.1, 0.15) is 12.4 Å². The van der Waals surface area contributed by atoms with Gasteiger partial charge in [-0.2, -0.15) is 5.10 Å². The molecular weight excluding hydrogens is 388 g/mol. The van der Waals surface area contributed by atoms with Crippen LogP contribution in [0.1, 0.15) is 19.4 Å². The summed E-state index contributed by atoms with van der Waals surface area (Å²) >= 11 is 1.51. The molecule has 0 saturated carbocycles. The Morgan fingerprint density at radius 2 is 2.07 bits per heavy atom. The monoisotopic (exact) mass is 406 g/mol. The van der Waals surface area contributed by atoms with E-state index in [0.717, 1.165) is 21.5 Å². The summed E-state index contributed by atoms with van der Waals surface area (Å²) in [5.74, 6) is -0.250. The second-order valence-corrected chi connectivity index (χ2v) is 7.36. The number of fused-ring (bicyclic) bond motifs is 1. The summed E-state index contributed by atoms with van der Waals surface area (Å²) in [4.78, 5) is 16.9. The van der Waals surface area contributed by atoms with Gasteiger partial charge in [0.25, 0.3) is 5.91 Å². The predicted octanol–water partition coefficient (Wildman–Crippen LogP) is 2.61. The Bertz CT molecular complexity index is 1130. The van der Waals surface area contributed by atoms with E-state index >= 15 is 0 Å². The molecule has 1 atom stereocenters. The third-order valence-corrected chi connectivity index (χ3v) is 5.21.